The molecule has 0 fully saturated rings. The first-order chi connectivity index (χ1) is 9.24. The second-order valence-corrected chi connectivity index (χ2v) is 4.08. The van der Waals surface area contributed by atoms with Gasteiger partial charge in [0.1, 0.15) is 0 Å². The number of nitrogens with zero attached hydrogens (tertiary/aromatic N) is 3. The molecule has 0 bridgehead atoms. The molecule has 0 radical (unpaired) electrons. The summed E-state index contributed by atoms with van der Waals surface area (Å²) < 4.78 is 0. The molecule has 6 nitrogen and oxygen atoms in total. The Bertz CT molecular complexity index is 735. The first kappa shape index (κ1) is 11.3. The highest BCUT2D eigenvalue weighted by molar-refractivity contribution is 5.92. The van der Waals surface area contributed by atoms with E-state index in [1.807, 2.05) is 30.3 Å². The van der Waals surface area contributed by atoms with Crippen LogP contribution in [0.3, 0.4) is 0 Å². The van der Waals surface area contributed by atoms with E-state index in [9.17, 15) is 4.79 Å². The third kappa shape index (κ3) is 2.15. The predicted molar refractivity (Wildman–Crippen MR) is 71.4 cm³/mol. The molecule has 94 valence electrons. The molecule has 3 rings (SSSR count). The number of rotatable bonds is 2. The van der Waals surface area contributed by atoms with E-state index in [-0.39, 0.29) is 11.9 Å². The summed E-state index contributed by atoms with van der Waals surface area (Å²) in [4.78, 5) is 19.2. The molecule has 2 heterocycles. The zero-order chi connectivity index (χ0) is 13.2. The molecule has 0 unspecified atom stereocenters. The summed E-state index contributed by atoms with van der Waals surface area (Å²) in [5, 5.41) is 10.4. The topological polar surface area (TPSA) is 83.6 Å². The number of benzene rings is 1. The highest BCUT2D eigenvalue weighted by Crippen LogP contribution is 2.24. The van der Waals surface area contributed by atoms with Gasteiger partial charge in [0.2, 0.25) is 11.9 Å². The lowest BCUT2D eigenvalue weighted by molar-refractivity contribution is -0.114. The van der Waals surface area contributed by atoms with Gasteiger partial charge >= 0.3 is 0 Å². The molecule has 0 saturated carbocycles. The van der Waals surface area contributed by atoms with Crippen molar-refractivity contribution in [1.29, 1.82) is 0 Å². The van der Waals surface area contributed by atoms with Crippen molar-refractivity contribution in [3.63, 3.8) is 0 Å². The molecule has 0 atom stereocenters. The van der Waals surface area contributed by atoms with Crippen molar-refractivity contribution in [3.8, 4) is 11.3 Å². The van der Waals surface area contributed by atoms with E-state index in [4.69, 9.17) is 0 Å². The van der Waals surface area contributed by atoms with Crippen LogP contribution in [0.15, 0.2) is 36.5 Å². The van der Waals surface area contributed by atoms with Crippen LogP contribution in [-0.2, 0) is 4.79 Å². The third-order valence-corrected chi connectivity index (χ3v) is 2.66. The normalized spacial score (nSPS) is 10.6. The summed E-state index contributed by atoms with van der Waals surface area (Å²) in [5.41, 5.74) is 2.41. The number of hydrogen-bond acceptors (Lipinski definition) is 4. The quantitative estimate of drug-likeness (QED) is 0.731. The van der Waals surface area contributed by atoms with Crippen LogP contribution in [0.25, 0.3) is 22.3 Å². The average molecular weight is 253 g/mol. The lowest BCUT2D eigenvalue weighted by Gasteiger charge is -2.00. The molecular weight excluding hydrogens is 242 g/mol. The van der Waals surface area contributed by atoms with Crippen LogP contribution in [0.5, 0.6) is 0 Å². The Labute approximate surface area is 108 Å². The lowest BCUT2D eigenvalue weighted by atomic mass is 10.1. The maximum atomic E-state index is 11.0. The van der Waals surface area contributed by atoms with Gasteiger partial charge in [0.15, 0.2) is 5.65 Å². The van der Waals surface area contributed by atoms with Crippen molar-refractivity contribution < 1.29 is 4.79 Å². The van der Waals surface area contributed by atoms with Crippen LogP contribution in [0.4, 0.5) is 5.95 Å². The SMILES string of the molecule is CC(=O)Nc1ncc2c(-c3ccccc3)[nH]nc2n1. The molecule has 1 amide bonds. The Kier molecular flexibility index (Phi) is 2.68. The van der Waals surface area contributed by atoms with Crippen molar-refractivity contribution in [2.75, 3.05) is 5.32 Å². The number of nitrogens with one attached hydrogen (secondary N) is 2. The number of carbonyl (C=O) groups excluding carboxylic acids is 1. The van der Waals surface area contributed by atoms with Gasteiger partial charge in [-0.1, -0.05) is 30.3 Å². The third-order valence-electron chi connectivity index (χ3n) is 2.66. The van der Waals surface area contributed by atoms with Crippen LogP contribution < -0.4 is 5.32 Å². The highest BCUT2D eigenvalue weighted by atomic mass is 16.1. The minimum atomic E-state index is -0.210. The van der Waals surface area contributed by atoms with Crippen molar-refractivity contribution in [2.45, 2.75) is 6.92 Å². The van der Waals surface area contributed by atoms with Gasteiger partial charge in [-0.3, -0.25) is 15.2 Å². The number of H-pyrrole nitrogens is 1. The Balaban J connectivity index is 2.08. The van der Waals surface area contributed by atoms with Crippen molar-refractivity contribution in [1.82, 2.24) is 20.2 Å². The van der Waals surface area contributed by atoms with E-state index in [0.29, 0.717) is 5.65 Å². The van der Waals surface area contributed by atoms with E-state index >= 15 is 0 Å². The number of hydrogen-bond donors (Lipinski definition) is 2. The second kappa shape index (κ2) is 4.49. The van der Waals surface area contributed by atoms with Gasteiger partial charge in [-0.15, -0.1) is 0 Å². The summed E-state index contributed by atoms with van der Waals surface area (Å²) in [5.74, 6) is 0.0456. The molecule has 19 heavy (non-hydrogen) atoms. The summed E-state index contributed by atoms with van der Waals surface area (Å²) >= 11 is 0. The van der Waals surface area contributed by atoms with Crippen LogP contribution in [-0.4, -0.2) is 26.1 Å². The molecule has 0 aliphatic carbocycles. The minimum Gasteiger partial charge on any atom is -0.295 e. The fourth-order valence-electron chi connectivity index (χ4n) is 1.85. The van der Waals surface area contributed by atoms with E-state index in [0.717, 1.165) is 16.6 Å². The number of carbonyl (C=O) groups is 1. The lowest BCUT2D eigenvalue weighted by Crippen LogP contribution is -2.08. The van der Waals surface area contributed by atoms with Crippen molar-refractivity contribution in [3.05, 3.63) is 36.5 Å². The fourth-order valence-corrected chi connectivity index (χ4v) is 1.85. The summed E-state index contributed by atoms with van der Waals surface area (Å²) in [6.07, 6.45) is 1.65. The van der Waals surface area contributed by atoms with E-state index < -0.39 is 0 Å². The van der Waals surface area contributed by atoms with Gasteiger partial charge in [0.25, 0.3) is 0 Å². The summed E-state index contributed by atoms with van der Waals surface area (Å²) in [7, 11) is 0. The molecular formula is C13H11N5O. The first-order valence-corrected chi connectivity index (χ1v) is 5.78. The molecule has 6 heteroatoms. The van der Waals surface area contributed by atoms with Gasteiger partial charge in [0.05, 0.1) is 11.1 Å². The minimum absolute atomic E-state index is 0.210. The van der Waals surface area contributed by atoms with Crippen molar-refractivity contribution in [2.24, 2.45) is 0 Å². The number of aromatic amines is 1. The maximum Gasteiger partial charge on any atom is 0.231 e. The van der Waals surface area contributed by atoms with Gasteiger partial charge in [-0.2, -0.15) is 10.1 Å². The number of amides is 1. The molecule has 0 spiro atoms. The van der Waals surface area contributed by atoms with E-state index in [2.05, 4.69) is 25.5 Å². The molecule has 0 aliphatic rings. The zero-order valence-corrected chi connectivity index (χ0v) is 10.2. The van der Waals surface area contributed by atoms with Crippen LogP contribution in [0.1, 0.15) is 6.92 Å². The largest absolute Gasteiger partial charge is 0.295 e. The Morgan fingerprint density at radius 1 is 1.26 bits per heavy atom. The molecule has 2 N–H and O–H groups in total. The van der Waals surface area contributed by atoms with Crippen LogP contribution >= 0.6 is 0 Å². The van der Waals surface area contributed by atoms with Gasteiger partial charge in [-0.25, -0.2) is 4.98 Å². The molecule has 1 aromatic carbocycles. The second-order valence-electron chi connectivity index (χ2n) is 4.08. The number of aromatic nitrogens is 4. The smallest absolute Gasteiger partial charge is 0.231 e. The predicted octanol–water partition coefficient (Wildman–Crippen LogP) is 1.98. The maximum absolute atomic E-state index is 11.0. The zero-order valence-electron chi connectivity index (χ0n) is 10.2. The van der Waals surface area contributed by atoms with E-state index in [1.54, 1.807) is 6.20 Å². The molecule has 0 aliphatic heterocycles. The highest BCUT2D eigenvalue weighted by Gasteiger charge is 2.10. The van der Waals surface area contributed by atoms with Gasteiger partial charge in [0, 0.05) is 18.7 Å². The fraction of sp³-hybridized carbons (Fsp3) is 0.0769. The first-order valence-electron chi connectivity index (χ1n) is 5.78. The standard InChI is InChI=1S/C13H11N5O/c1-8(19)15-13-14-7-10-11(17-18-12(10)16-13)9-5-3-2-4-6-9/h2-7H,1H3,(H2,14,15,16,17,18,19). The van der Waals surface area contributed by atoms with Crippen LogP contribution in [0.2, 0.25) is 0 Å². The number of fused-ring (bicyclic) bond motifs is 1. The summed E-state index contributed by atoms with van der Waals surface area (Å²) in [6, 6.07) is 9.82. The average Bonchev–Trinajstić information content (AvgIpc) is 2.82. The van der Waals surface area contributed by atoms with E-state index in [1.165, 1.54) is 6.92 Å². The Morgan fingerprint density at radius 2 is 2.05 bits per heavy atom. The van der Waals surface area contributed by atoms with Crippen molar-refractivity contribution >= 4 is 22.9 Å². The van der Waals surface area contributed by atoms with Crippen LogP contribution in [0, 0.1) is 0 Å². The number of anilines is 1. The monoisotopic (exact) mass is 253 g/mol. The Morgan fingerprint density at radius 3 is 2.79 bits per heavy atom. The van der Waals surface area contributed by atoms with Gasteiger partial charge in [-0.05, 0) is 0 Å². The molecule has 3 aromatic rings. The summed E-state index contributed by atoms with van der Waals surface area (Å²) in [6.45, 7) is 1.41. The molecule has 2 aromatic heterocycles. The molecule has 0 saturated heterocycles. The Hall–Kier alpha value is -2.76. The van der Waals surface area contributed by atoms with Gasteiger partial charge < -0.3 is 0 Å².